The summed E-state index contributed by atoms with van der Waals surface area (Å²) in [5.74, 6) is -0.656. The zero-order chi connectivity index (χ0) is 15.7. The summed E-state index contributed by atoms with van der Waals surface area (Å²) in [6.45, 7) is 9.35. The Kier molecular flexibility index (Phi) is 4.27. The number of amides is 1. The Morgan fingerprint density at radius 3 is 2.48 bits per heavy atom. The summed E-state index contributed by atoms with van der Waals surface area (Å²) >= 11 is 1.25. The molecule has 0 bridgehead atoms. The second-order valence-corrected chi connectivity index (χ2v) is 5.83. The molecule has 1 N–H and O–H groups in total. The minimum Gasteiger partial charge on any atom is -0.462 e. The van der Waals surface area contributed by atoms with Gasteiger partial charge in [-0.3, -0.25) is 4.79 Å². The van der Waals surface area contributed by atoms with Crippen LogP contribution in [0.2, 0.25) is 0 Å². The number of hydrogen-bond acceptors (Lipinski definition) is 5. The first-order valence-corrected chi connectivity index (χ1v) is 7.53. The average Bonchev–Trinajstić information content (AvgIpc) is 2.74. The molecule has 0 aliphatic carbocycles. The average molecular weight is 306 g/mol. The van der Waals surface area contributed by atoms with Crippen molar-refractivity contribution >= 4 is 39.1 Å². The third kappa shape index (κ3) is 2.76. The molecule has 0 aromatic carbocycles. The SMILES string of the molecule is CCOC(=O)c1sc2nc(C)c(C)c(C)c2c1NC(C)=O. The number of anilines is 1. The van der Waals surface area contributed by atoms with Crippen LogP contribution in [-0.2, 0) is 9.53 Å². The largest absolute Gasteiger partial charge is 0.462 e. The molecule has 0 atom stereocenters. The standard InChI is InChI=1S/C15H18N2O3S/c1-6-20-15(19)13-12(17-10(5)18)11-8(3)7(2)9(4)16-14(11)21-13/h6H2,1-5H3,(H,17,18). The van der Waals surface area contributed by atoms with Gasteiger partial charge in [-0.2, -0.15) is 0 Å². The molecular formula is C15H18N2O3S. The topological polar surface area (TPSA) is 68.3 Å². The van der Waals surface area contributed by atoms with Crippen LogP contribution in [0.15, 0.2) is 0 Å². The van der Waals surface area contributed by atoms with E-state index in [-0.39, 0.29) is 12.5 Å². The van der Waals surface area contributed by atoms with E-state index in [0.717, 1.165) is 27.0 Å². The second-order valence-electron chi connectivity index (χ2n) is 4.84. The molecule has 2 aromatic heterocycles. The molecule has 6 heteroatoms. The number of carbonyl (C=O) groups excluding carboxylic acids is 2. The van der Waals surface area contributed by atoms with Crippen molar-refractivity contribution in [3.05, 3.63) is 21.7 Å². The van der Waals surface area contributed by atoms with Gasteiger partial charge >= 0.3 is 5.97 Å². The van der Waals surface area contributed by atoms with Crippen LogP contribution < -0.4 is 5.32 Å². The number of thiophene rings is 1. The highest BCUT2D eigenvalue weighted by atomic mass is 32.1. The number of ether oxygens (including phenoxy) is 1. The van der Waals surface area contributed by atoms with Crippen molar-refractivity contribution in [2.75, 3.05) is 11.9 Å². The van der Waals surface area contributed by atoms with Gasteiger partial charge in [-0.15, -0.1) is 11.3 Å². The summed E-state index contributed by atoms with van der Waals surface area (Å²) < 4.78 is 5.07. The highest BCUT2D eigenvalue weighted by molar-refractivity contribution is 7.21. The zero-order valence-electron chi connectivity index (χ0n) is 12.8. The molecule has 2 rings (SSSR count). The van der Waals surface area contributed by atoms with Gasteiger partial charge in [0.25, 0.3) is 0 Å². The number of carbonyl (C=O) groups is 2. The number of esters is 1. The summed E-state index contributed by atoms with van der Waals surface area (Å²) in [6, 6.07) is 0. The number of nitrogens with one attached hydrogen (secondary N) is 1. The Labute approximate surface area is 127 Å². The molecule has 0 fully saturated rings. The molecule has 0 unspecified atom stereocenters. The van der Waals surface area contributed by atoms with Gasteiger partial charge < -0.3 is 10.1 Å². The van der Waals surface area contributed by atoms with E-state index >= 15 is 0 Å². The molecule has 0 aliphatic heterocycles. The van der Waals surface area contributed by atoms with Gasteiger partial charge in [-0.25, -0.2) is 9.78 Å². The molecule has 21 heavy (non-hydrogen) atoms. The van der Waals surface area contributed by atoms with Crippen LogP contribution in [0.5, 0.6) is 0 Å². The molecular weight excluding hydrogens is 288 g/mol. The highest BCUT2D eigenvalue weighted by Gasteiger charge is 2.23. The Hall–Kier alpha value is -1.95. The normalized spacial score (nSPS) is 10.7. The van der Waals surface area contributed by atoms with Gasteiger partial charge in [0, 0.05) is 18.0 Å². The predicted octanol–water partition coefficient (Wildman–Crippen LogP) is 3.36. The first-order valence-electron chi connectivity index (χ1n) is 6.71. The lowest BCUT2D eigenvalue weighted by molar-refractivity contribution is -0.114. The van der Waals surface area contributed by atoms with Crippen LogP contribution >= 0.6 is 11.3 Å². The number of rotatable bonds is 3. The van der Waals surface area contributed by atoms with E-state index in [4.69, 9.17) is 4.74 Å². The third-order valence-corrected chi connectivity index (χ3v) is 4.46. The van der Waals surface area contributed by atoms with Crippen LogP contribution in [0.1, 0.15) is 40.3 Å². The predicted molar refractivity (Wildman–Crippen MR) is 84.1 cm³/mol. The van der Waals surface area contributed by atoms with Crippen molar-refractivity contribution in [3.8, 4) is 0 Å². The zero-order valence-corrected chi connectivity index (χ0v) is 13.6. The van der Waals surface area contributed by atoms with Gasteiger partial charge in [0.1, 0.15) is 9.71 Å². The Bertz CT molecular complexity index is 734. The summed E-state index contributed by atoms with van der Waals surface area (Å²) in [4.78, 5) is 29.2. The first kappa shape index (κ1) is 15.4. The van der Waals surface area contributed by atoms with Crippen LogP contribution in [-0.4, -0.2) is 23.5 Å². The molecule has 5 nitrogen and oxygen atoms in total. The van der Waals surface area contributed by atoms with Crippen molar-refractivity contribution < 1.29 is 14.3 Å². The molecule has 0 radical (unpaired) electrons. The molecule has 0 saturated carbocycles. The van der Waals surface area contributed by atoms with Gasteiger partial charge in [0.15, 0.2) is 0 Å². The van der Waals surface area contributed by atoms with Crippen LogP contribution in [0.3, 0.4) is 0 Å². The van der Waals surface area contributed by atoms with E-state index in [0.29, 0.717) is 10.6 Å². The van der Waals surface area contributed by atoms with Gasteiger partial charge in [-0.05, 0) is 38.8 Å². The molecule has 0 spiro atoms. The molecule has 2 aromatic rings. The molecule has 0 aliphatic rings. The Balaban J connectivity index is 2.77. The van der Waals surface area contributed by atoms with Crippen molar-refractivity contribution in [1.82, 2.24) is 4.98 Å². The maximum Gasteiger partial charge on any atom is 0.350 e. The van der Waals surface area contributed by atoms with Gasteiger partial charge in [0.05, 0.1) is 12.3 Å². The lowest BCUT2D eigenvalue weighted by Crippen LogP contribution is -2.11. The monoisotopic (exact) mass is 306 g/mol. The molecule has 2 heterocycles. The third-order valence-electron chi connectivity index (χ3n) is 3.40. The van der Waals surface area contributed by atoms with Gasteiger partial charge in [-0.1, -0.05) is 0 Å². The van der Waals surface area contributed by atoms with E-state index in [1.165, 1.54) is 18.3 Å². The fourth-order valence-electron chi connectivity index (χ4n) is 2.18. The summed E-state index contributed by atoms with van der Waals surface area (Å²) in [5, 5.41) is 3.57. The molecule has 0 saturated heterocycles. The second kappa shape index (κ2) is 5.81. The fraction of sp³-hybridized carbons (Fsp3) is 0.400. The highest BCUT2D eigenvalue weighted by Crippen LogP contribution is 2.38. The molecule has 1 amide bonds. The Morgan fingerprint density at radius 1 is 1.24 bits per heavy atom. The maximum absolute atomic E-state index is 12.1. The quantitative estimate of drug-likeness (QED) is 0.883. The van der Waals surface area contributed by atoms with Gasteiger partial charge in [0.2, 0.25) is 5.91 Å². The minimum atomic E-state index is -0.432. The molecule has 112 valence electrons. The van der Waals surface area contributed by atoms with E-state index < -0.39 is 5.97 Å². The minimum absolute atomic E-state index is 0.224. The van der Waals surface area contributed by atoms with E-state index in [2.05, 4.69) is 10.3 Å². The van der Waals surface area contributed by atoms with Crippen molar-refractivity contribution in [1.29, 1.82) is 0 Å². The van der Waals surface area contributed by atoms with E-state index in [9.17, 15) is 9.59 Å². The number of aryl methyl sites for hydroxylation is 2. The lowest BCUT2D eigenvalue weighted by atomic mass is 10.1. The van der Waals surface area contributed by atoms with Crippen molar-refractivity contribution in [2.24, 2.45) is 0 Å². The van der Waals surface area contributed by atoms with Crippen LogP contribution in [0.4, 0.5) is 5.69 Å². The number of nitrogens with zero attached hydrogens (tertiary/aromatic N) is 1. The lowest BCUT2D eigenvalue weighted by Gasteiger charge is -2.09. The Morgan fingerprint density at radius 2 is 1.90 bits per heavy atom. The number of hydrogen-bond donors (Lipinski definition) is 1. The fourth-order valence-corrected chi connectivity index (χ4v) is 3.31. The maximum atomic E-state index is 12.1. The summed E-state index contributed by atoms with van der Waals surface area (Å²) in [6.07, 6.45) is 0. The summed E-state index contributed by atoms with van der Waals surface area (Å²) in [5.41, 5.74) is 3.51. The van der Waals surface area contributed by atoms with Crippen molar-refractivity contribution in [2.45, 2.75) is 34.6 Å². The van der Waals surface area contributed by atoms with Crippen LogP contribution in [0.25, 0.3) is 10.2 Å². The first-order chi connectivity index (χ1) is 9.86. The van der Waals surface area contributed by atoms with Crippen molar-refractivity contribution in [3.63, 3.8) is 0 Å². The van der Waals surface area contributed by atoms with E-state index in [1.807, 2.05) is 20.8 Å². The number of aromatic nitrogens is 1. The van der Waals surface area contributed by atoms with E-state index in [1.54, 1.807) is 6.92 Å². The smallest absolute Gasteiger partial charge is 0.350 e. The summed E-state index contributed by atoms with van der Waals surface area (Å²) in [7, 11) is 0. The van der Waals surface area contributed by atoms with Crippen LogP contribution in [0, 0.1) is 20.8 Å². The number of fused-ring (bicyclic) bond motifs is 1. The number of pyridine rings is 1.